The third-order valence-corrected chi connectivity index (χ3v) is 5.67. The average molecular weight is 421 g/mol. The monoisotopic (exact) mass is 420 g/mol. The molecule has 5 rings (SSSR count). The van der Waals surface area contributed by atoms with Crippen molar-refractivity contribution < 1.29 is 4.79 Å². The second kappa shape index (κ2) is 9.02. The lowest BCUT2D eigenvalue weighted by molar-refractivity contribution is 0.0953. The zero-order chi connectivity index (χ0) is 21.8. The van der Waals surface area contributed by atoms with Crippen molar-refractivity contribution in [2.24, 2.45) is 0 Å². The Morgan fingerprint density at radius 2 is 1.75 bits per heavy atom. The Morgan fingerprint density at radius 3 is 2.62 bits per heavy atom. The van der Waals surface area contributed by atoms with Gasteiger partial charge in [-0.3, -0.25) is 9.78 Å². The predicted octanol–water partition coefficient (Wildman–Crippen LogP) is 5.00. The SMILES string of the molecule is O=C(NCCCc1nc2ccccc2n1Cc1ccc2ccccc2c1)c1cccnc1. The Bertz CT molecular complexity index is 1370. The van der Waals surface area contributed by atoms with Crippen molar-refractivity contribution in [3.8, 4) is 0 Å². The van der Waals surface area contributed by atoms with Gasteiger partial charge in [-0.2, -0.15) is 0 Å². The number of aromatic nitrogens is 3. The van der Waals surface area contributed by atoms with Crippen LogP contribution in [0.4, 0.5) is 0 Å². The third kappa shape index (κ3) is 4.23. The molecule has 0 aliphatic rings. The molecule has 0 fully saturated rings. The lowest BCUT2D eigenvalue weighted by atomic mass is 10.1. The number of amides is 1. The van der Waals surface area contributed by atoms with Gasteiger partial charge in [0.1, 0.15) is 5.82 Å². The lowest BCUT2D eigenvalue weighted by Crippen LogP contribution is -2.25. The number of para-hydroxylation sites is 2. The van der Waals surface area contributed by atoms with Gasteiger partial charge in [-0.05, 0) is 53.1 Å². The summed E-state index contributed by atoms with van der Waals surface area (Å²) in [6, 6.07) is 26.8. The van der Waals surface area contributed by atoms with E-state index in [0.717, 1.165) is 36.2 Å². The van der Waals surface area contributed by atoms with Crippen LogP contribution in [0.2, 0.25) is 0 Å². The van der Waals surface area contributed by atoms with Crippen molar-refractivity contribution in [2.75, 3.05) is 6.54 Å². The first-order valence-electron chi connectivity index (χ1n) is 10.9. The molecule has 0 radical (unpaired) electrons. The van der Waals surface area contributed by atoms with Crippen LogP contribution in [0.5, 0.6) is 0 Å². The molecular weight excluding hydrogens is 396 g/mol. The molecule has 0 unspecified atom stereocenters. The molecule has 0 saturated carbocycles. The minimum atomic E-state index is -0.0947. The van der Waals surface area contributed by atoms with Gasteiger partial charge < -0.3 is 9.88 Å². The van der Waals surface area contributed by atoms with Crippen molar-refractivity contribution >= 4 is 27.7 Å². The highest BCUT2D eigenvalue weighted by Crippen LogP contribution is 2.21. The lowest BCUT2D eigenvalue weighted by Gasteiger charge is -2.11. The Balaban J connectivity index is 1.33. The minimum Gasteiger partial charge on any atom is -0.352 e. The smallest absolute Gasteiger partial charge is 0.252 e. The van der Waals surface area contributed by atoms with E-state index in [4.69, 9.17) is 4.98 Å². The van der Waals surface area contributed by atoms with Gasteiger partial charge in [0.2, 0.25) is 0 Å². The fraction of sp³-hybridized carbons (Fsp3) is 0.148. The topological polar surface area (TPSA) is 59.8 Å². The van der Waals surface area contributed by atoms with Crippen molar-refractivity contribution in [1.29, 1.82) is 0 Å². The summed E-state index contributed by atoms with van der Waals surface area (Å²) < 4.78 is 2.29. The number of nitrogens with one attached hydrogen (secondary N) is 1. The molecule has 2 aromatic heterocycles. The molecule has 0 aliphatic carbocycles. The van der Waals surface area contributed by atoms with Crippen LogP contribution >= 0.6 is 0 Å². The summed E-state index contributed by atoms with van der Waals surface area (Å²) in [5.41, 5.74) is 3.96. The van der Waals surface area contributed by atoms with Crippen LogP contribution in [0.15, 0.2) is 91.3 Å². The first kappa shape index (κ1) is 19.9. The van der Waals surface area contributed by atoms with Crippen LogP contribution in [-0.2, 0) is 13.0 Å². The highest BCUT2D eigenvalue weighted by molar-refractivity contribution is 5.93. The summed E-state index contributed by atoms with van der Waals surface area (Å²) in [5.74, 6) is 0.942. The van der Waals surface area contributed by atoms with Crippen LogP contribution in [-0.4, -0.2) is 27.0 Å². The molecule has 0 spiro atoms. The van der Waals surface area contributed by atoms with Gasteiger partial charge in [0.25, 0.3) is 5.91 Å². The van der Waals surface area contributed by atoms with E-state index >= 15 is 0 Å². The maximum absolute atomic E-state index is 12.2. The van der Waals surface area contributed by atoms with Crippen LogP contribution in [0.1, 0.15) is 28.2 Å². The minimum absolute atomic E-state index is 0.0947. The van der Waals surface area contributed by atoms with E-state index in [2.05, 4.69) is 75.5 Å². The van der Waals surface area contributed by atoms with Crippen molar-refractivity contribution in [1.82, 2.24) is 19.9 Å². The molecular formula is C27H24N4O. The number of rotatable bonds is 7. The third-order valence-electron chi connectivity index (χ3n) is 5.67. The first-order chi connectivity index (χ1) is 15.8. The Hall–Kier alpha value is -3.99. The molecule has 158 valence electrons. The van der Waals surface area contributed by atoms with E-state index in [0.29, 0.717) is 12.1 Å². The summed E-state index contributed by atoms with van der Waals surface area (Å²) in [7, 11) is 0. The fourth-order valence-electron chi connectivity index (χ4n) is 4.06. The van der Waals surface area contributed by atoms with Crippen LogP contribution in [0.25, 0.3) is 21.8 Å². The molecule has 3 aromatic carbocycles. The number of carbonyl (C=O) groups is 1. The zero-order valence-electron chi connectivity index (χ0n) is 17.7. The van der Waals surface area contributed by atoms with Gasteiger partial charge in [-0.15, -0.1) is 0 Å². The molecule has 0 bridgehead atoms. The number of aryl methyl sites for hydroxylation is 1. The Kier molecular flexibility index (Phi) is 5.62. The first-order valence-corrected chi connectivity index (χ1v) is 10.9. The Labute approximate surface area is 186 Å². The highest BCUT2D eigenvalue weighted by atomic mass is 16.1. The summed E-state index contributed by atoms with van der Waals surface area (Å²) in [4.78, 5) is 21.1. The number of hydrogen-bond acceptors (Lipinski definition) is 3. The molecule has 2 heterocycles. The largest absolute Gasteiger partial charge is 0.352 e. The number of imidazole rings is 1. The number of pyridine rings is 1. The van der Waals surface area contributed by atoms with Crippen molar-refractivity contribution in [3.63, 3.8) is 0 Å². The van der Waals surface area contributed by atoms with Gasteiger partial charge in [0.15, 0.2) is 0 Å². The van der Waals surface area contributed by atoms with Gasteiger partial charge in [0, 0.05) is 31.9 Å². The van der Waals surface area contributed by atoms with Crippen molar-refractivity contribution in [2.45, 2.75) is 19.4 Å². The van der Waals surface area contributed by atoms with Gasteiger partial charge in [-0.1, -0.05) is 48.5 Å². The zero-order valence-corrected chi connectivity index (χ0v) is 17.7. The summed E-state index contributed by atoms with van der Waals surface area (Å²) in [5, 5.41) is 5.47. The van der Waals surface area contributed by atoms with Gasteiger partial charge in [0.05, 0.1) is 16.6 Å². The Morgan fingerprint density at radius 1 is 0.906 bits per heavy atom. The van der Waals surface area contributed by atoms with E-state index in [1.807, 2.05) is 6.07 Å². The second-order valence-corrected chi connectivity index (χ2v) is 7.89. The fourth-order valence-corrected chi connectivity index (χ4v) is 4.06. The summed E-state index contributed by atoms with van der Waals surface area (Å²) >= 11 is 0. The number of nitrogens with zero attached hydrogens (tertiary/aromatic N) is 3. The van der Waals surface area contributed by atoms with E-state index in [9.17, 15) is 4.79 Å². The molecule has 5 aromatic rings. The van der Waals surface area contributed by atoms with E-state index in [1.54, 1.807) is 24.5 Å². The highest BCUT2D eigenvalue weighted by Gasteiger charge is 2.12. The van der Waals surface area contributed by atoms with Gasteiger partial charge in [-0.25, -0.2) is 4.98 Å². The maximum Gasteiger partial charge on any atom is 0.252 e. The number of benzene rings is 3. The van der Waals surface area contributed by atoms with Crippen LogP contribution in [0.3, 0.4) is 0 Å². The van der Waals surface area contributed by atoms with Crippen molar-refractivity contribution in [3.05, 3.63) is 108 Å². The molecule has 5 heteroatoms. The molecule has 5 nitrogen and oxygen atoms in total. The molecule has 32 heavy (non-hydrogen) atoms. The summed E-state index contributed by atoms with van der Waals surface area (Å²) in [6.45, 7) is 1.36. The van der Waals surface area contributed by atoms with E-state index < -0.39 is 0 Å². The van der Waals surface area contributed by atoms with Crippen LogP contribution in [0, 0.1) is 0 Å². The molecule has 0 atom stereocenters. The maximum atomic E-state index is 12.2. The van der Waals surface area contributed by atoms with Crippen LogP contribution < -0.4 is 5.32 Å². The quantitative estimate of drug-likeness (QED) is 0.377. The van der Waals surface area contributed by atoms with E-state index in [1.165, 1.54) is 16.3 Å². The van der Waals surface area contributed by atoms with Gasteiger partial charge >= 0.3 is 0 Å². The predicted molar refractivity (Wildman–Crippen MR) is 128 cm³/mol. The summed E-state index contributed by atoms with van der Waals surface area (Å²) in [6.07, 6.45) is 4.85. The second-order valence-electron chi connectivity index (χ2n) is 7.89. The molecule has 0 aliphatic heterocycles. The molecule has 1 N–H and O–H groups in total. The van der Waals surface area contributed by atoms with E-state index in [-0.39, 0.29) is 5.91 Å². The number of fused-ring (bicyclic) bond motifs is 2. The number of carbonyl (C=O) groups excluding carboxylic acids is 1. The molecule has 1 amide bonds. The average Bonchev–Trinajstić information content (AvgIpc) is 3.19. The normalized spacial score (nSPS) is 11.1. The molecule has 0 saturated heterocycles. The number of hydrogen-bond donors (Lipinski definition) is 1. The standard InChI is InChI=1S/C27H24N4O/c32-27(23-9-5-15-28-18-23)29-16-6-12-26-30-24-10-3-4-11-25(24)31(26)19-20-13-14-21-7-1-2-8-22(21)17-20/h1-5,7-11,13-15,17-18H,6,12,16,19H2,(H,29,32).